The van der Waals surface area contributed by atoms with E-state index in [4.69, 9.17) is 0 Å². The fourth-order valence-corrected chi connectivity index (χ4v) is 2.61. The van der Waals surface area contributed by atoms with Crippen LogP contribution in [0, 0.1) is 5.92 Å². The van der Waals surface area contributed by atoms with E-state index in [-0.39, 0.29) is 0 Å². The van der Waals surface area contributed by atoms with E-state index in [0.29, 0.717) is 0 Å². The molecule has 1 aliphatic rings. The predicted octanol–water partition coefficient (Wildman–Crippen LogP) is 3.42. The Morgan fingerprint density at radius 3 is 2.47 bits per heavy atom. The van der Waals surface area contributed by atoms with Gasteiger partial charge in [0.25, 0.3) is 0 Å². The van der Waals surface area contributed by atoms with Gasteiger partial charge in [0, 0.05) is 25.7 Å². The minimum atomic E-state index is 0.751. The van der Waals surface area contributed by atoms with Crippen LogP contribution in [0.3, 0.4) is 0 Å². The smallest absolute Gasteiger partial charge is 0.0240 e. The molecule has 1 N–H and O–H groups in total. The summed E-state index contributed by atoms with van der Waals surface area (Å²) in [7, 11) is 0. The first-order chi connectivity index (χ1) is 9.20. The van der Waals surface area contributed by atoms with E-state index in [1.54, 1.807) is 0 Å². The molecular weight excluding hydrogens is 232 g/mol. The summed E-state index contributed by atoms with van der Waals surface area (Å²) < 4.78 is 0. The van der Waals surface area contributed by atoms with Crippen molar-refractivity contribution in [2.24, 2.45) is 5.92 Å². The fourth-order valence-electron chi connectivity index (χ4n) is 2.61. The summed E-state index contributed by atoms with van der Waals surface area (Å²) in [6, 6.07) is 9.72. The second kappa shape index (κ2) is 7.06. The lowest BCUT2D eigenvalue weighted by molar-refractivity contribution is 0.225. The van der Waals surface area contributed by atoms with Crippen molar-refractivity contribution in [1.82, 2.24) is 10.2 Å². The van der Waals surface area contributed by atoms with Crippen LogP contribution >= 0.6 is 0 Å². The van der Waals surface area contributed by atoms with E-state index in [9.17, 15) is 0 Å². The van der Waals surface area contributed by atoms with Gasteiger partial charge in [-0.25, -0.2) is 0 Å². The van der Waals surface area contributed by atoms with E-state index in [1.165, 1.54) is 30.5 Å². The number of nitrogens with one attached hydrogen (secondary N) is 1. The van der Waals surface area contributed by atoms with E-state index in [0.717, 1.165) is 31.6 Å². The molecule has 1 aromatic rings. The molecule has 19 heavy (non-hydrogen) atoms. The third kappa shape index (κ3) is 4.63. The standard InChI is InChI=1S/C17H28N2/c1-4-18-11-15-7-5-6-8-16(15)13-19(12-14(2)3)17-9-10-17/h5-8,14,17-18H,4,9-13H2,1-3H3. The van der Waals surface area contributed by atoms with E-state index in [1.807, 2.05) is 0 Å². The van der Waals surface area contributed by atoms with Gasteiger partial charge in [-0.15, -0.1) is 0 Å². The Balaban J connectivity index is 2.03. The van der Waals surface area contributed by atoms with E-state index in [2.05, 4.69) is 55.3 Å². The van der Waals surface area contributed by atoms with Crippen molar-refractivity contribution in [3.8, 4) is 0 Å². The predicted molar refractivity (Wildman–Crippen MR) is 82.1 cm³/mol. The molecular formula is C17H28N2. The number of benzene rings is 1. The van der Waals surface area contributed by atoms with Crippen LogP contribution in [0.25, 0.3) is 0 Å². The minimum Gasteiger partial charge on any atom is -0.313 e. The monoisotopic (exact) mass is 260 g/mol. The van der Waals surface area contributed by atoms with Crippen LogP contribution in [0.4, 0.5) is 0 Å². The molecule has 0 spiro atoms. The summed E-state index contributed by atoms with van der Waals surface area (Å²) in [4.78, 5) is 2.68. The highest BCUT2D eigenvalue weighted by molar-refractivity contribution is 5.27. The molecule has 2 rings (SSSR count). The number of nitrogens with zero attached hydrogens (tertiary/aromatic N) is 1. The molecule has 2 nitrogen and oxygen atoms in total. The van der Waals surface area contributed by atoms with Gasteiger partial charge in [-0.1, -0.05) is 45.0 Å². The molecule has 0 heterocycles. The molecule has 0 unspecified atom stereocenters. The zero-order valence-corrected chi connectivity index (χ0v) is 12.7. The molecule has 1 saturated carbocycles. The van der Waals surface area contributed by atoms with Gasteiger partial charge in [-0.05, 0) is 36.4 Å². The first-order valence-electron chi connectivity index (χ1n) is 7.72. The summed E-state index contributed by atoms with van der Waals surface area (Å²) >= 11 is 0. The van der Waals surface area contributed by atoms with Crippen molar-refractivity contribution in [3.05, 3.63) is 35.4 Å². The average Bonchev–Trinajstić information content (AvgIpc) is 3.20. The van der Waals surface area contributed by atoms with Crippen LogP contribution in [-0.2, 0) is 13.1 Å². The maximum Gasteiger partial charge on any atom is 0.0240 e. The largest absolute Gasteiger partial charge is 0.313 e. The van der Waals surface area contributed by atoms with Crippen molar-refractivity contribution < 1.29 is 0 Å². The van der Waals surface area contributed by atoms with Gasteiger partial charge in [0.2, 0.25) is 0 Å². The molecule has 0 amide bonds. The Hall–Kier alpha value is -0.860. The van der Waals surface area contributed by atoms with Crippen molar-refractivity contribution >= 4 is 0 Å². The molecule has 1 aliphatic carbocycles. The third-order valence-electron chi connectivity index (χ3n) is 3.72. The Morgan fingerprint density at radius 1 is 1.21 bits per heavy atom. The third-order valence-corrected chi connectivity index (χ3v) is 3.72. The van der Waals surface area contributed by atoms with Crippen molar-refractivity contribution in [2.75, 3.05) is 13.1 Å². The van der Waals surface area contributed by atoms with Crippen LogP contribution in [0.2, 0.25) is 0 Å². The van der Waals surface area contributed by atoms with Crippen molar-refractivity contribution in [3.63, 3.8) is 0 Å². The molecule has 106 valence electrons. The second-order valence-electron chi connectivity index (χ2n) is 6.10. The molecule has 0 aliphatic heterocycles. The first kappa shape index (κ1) is 14.5. The average molecular weight is 260 g/mol. The van der Waals surface area contributed by atoms with Crippen LogP contribution < -0.4 is 5.32 Å². The number of rotatable bonds is 8. The molecule has 0 bridgehead atoms. The van der Waals surface area contributed by atoms with Gasteiger partial charge >= 0.3 is 0 Å². The Bertz CT molecular complexity index is 383. The Labute approximate surface area is 118 Å². The van der Waals surface area contributed by atoms with E-state index >= 15 is 0 Å². The second-order valence-corrected chi connectivity index (χ2v) is 6.10. The lowest BCUT2D eigenvalue weighted by atomic mass is 10.1. The molecule has 0 aromatic heterocycles. The molecule has 2 heteroatoms. The molecule has 0 radical (unpaired) electrons. The topological polar surface area (TPSA) is 15.3 Å². The number of hydrogen-bond donors (Lipinski definition) is 1. The van der Waals surface area contributed by atoms with Gasteiger partial charge in [0.15, 0.2) is 0 Å². The van der Waals surface area contributed by atoms with Crippen molar-refractivity contribution in [2.45, 2.75) is 52.7 Å². The van der Waals surface area contributed by atoms with Gasteiger partial charge in [0.05, 0.1) is 0 Å². The zero-order chi connectivity index (χ0) is 13.7. The Morgan fingerprint density at radius 2 is 1.89 bits per heavy atom. The zero-order valence-electron chi connectivity index (χ0n) is 12.7. The fraction of sp³-hybridized carbons (Fsp3) is 0.647. The van der Waals surface area contributed by atoms with Gasteiger partial charge < -0.3 is 5.32 Å². The van der Waals surface area contributed by atoms with Crippen LogP contribution in [-0.4, -0.2) is 24.0 Å². The first-order valence-corrected chi connectivity index (χ1v) is 7.72. The number of hydrogen-bond acceptors (Lipinski definition) is 2. The van der Waals surface area contributed by atoms with Gasteiger partial charge in [-0.2, -0.15) is 0 Å². The SMILES string of the molecule is CCNCc1ccccc1CN(CC(C)C)C1CC1. The summed E-state index contributed by atoms with van der Waals surface area (Å²) in [6.45, 7) is 11.2. The maximum atomic E-state index is 3.45. The van der Waals surface area contributed by atoms with Crippen LogP contribution in [0.5, 0.6) is 0 Å². The summed E-state index contributed by atoms with van der Waals surface area (Å²) in [5, 5.41) is 3.45. The molecule has 1 fully saturated rings. The summed E-state index contributed by atoms with van der Waals surface area (Å²) in [6.07, 6.45) is 2.78. The highest BCUT2D eigenvalue weighted by atomic mass is 15.2. The van der Waals surface area contributed by atoms with E-state index < -0.39 is 0 Å². The normalized spacial score (nSPS) is 15.4. The van der Waals surface area contributed by atoms with Crippen molar-refractivity contribution in [1.29, 1.82) is 0 Å². The molecule has 1 aromatic carbocycles. The summed E-state index contributed by atoms with van der Waals surface area (Å²) in [5.41, 5.74) is 2.95. The summed E-state index contributed by atoms with van der Waals surface area (Å²) in [5.74, 6) is 0.751. The van der Waals surface area contributed by atoms with Gasteiger partial charge in [-0.3, -0.25) is 4.90 Å². The highest BCUT2D eigenvalue weighted by Crippen LogP contribution is 2.29. The quantitative estimate of drug-likeness (QED) is 0.770. The molecule has 0 saturated heterocycles. The minimum absolute atomic E-state index is 0.751. The van der Waals surface area contributed by atoms with Crippen LogP contribution in [0.1, 0.15) is 44.7 Å². The Kier molecular flexibility index (Phi) is 5.41. The lowest BCUT2D eigenvalue weighted by Crippen LogP contribution is -2.30. The van der Waals surface area contributed by atoms with Crippen LogP contribution in [0.15, 0.2) is 24.3 Å². The maximum absolute atomic E-state index is 3.45. The molecule has 0 atom stereocenters. The lowest BCUT2D eigenvalue weighted by Gasteiger charge is -2.25. The van der Waals surface area contributed by atoms with Gasteiger partial charge in [0.1, 0.15) is 0 Å². The highest BCUT2D eigenvalue weighted by Gasteiger charge is 2.29.